The van der Waals surface area contributed by atoms with Gasteiger partial charge < -0.3 is 15.3 Å². The number of aliphatic hydroxyl groups excluding tert-OH is 1. The van der Waals surface area contributed by atoms with Crippen molar-refractivity contribution in [3.63, 3.8) is 0 Å². The molecule has 0 aromatic heterocycles. The molecule has 2 N–H and O–H groups in total. The molecule has 1 fully saturated rings. The van der Waals surface area contributed by atoms with Crippen LogP contribution in [0.5, 0.6) is 0 Å². The lowest BCUT2D eigenvalue weighted by molar-refractivity contribution is -0.132. The fraction of sp³-hybridized carbons (Fsp3) is 0.909. The molecule has 0 radical (unpaired) electrons. The van der Waals surface area contributed by atoms with Crippen LogP contribution in [0.15, 0.2) is 0 Å². The van der Waals surface area contributed by atoms with E-state index in [-0.39, 0.29) is 24.6 Å². The number of carbonyl (C=O) groups is 1. The maximum Gasteiger partial charge on any atom is 0.240 e. The smallest absolute Gasteiger partial charge is 0.240 e. The summed E-state index contributed by atoms with van der Waals surface area (Å²) in [4.78, 5) is 13.9. The first-order valence-corrected chi connectivity index (χ1v) is 5.70. The van der Waals surface area contributed by atoms with Gasteiger partial charge in [-0.3, -0.25) is 4.79 Å². The minimum atomic E-state index is -0.0232. The van der Waals surface area contributed by atoms with Gasteiger partial charge in [0.05, 0.1) is 6.04 Å². The summed E-state index contributed by atoms with van der Waals surface area (Å²) in [5, 5.41) is 12.0. The summed E-state index contributed by atoms with van der Waals surface area (Å²) < 4.78 is 0. The summed E-state index contributed by atoms with van der Waals surface area (Å²) in [7, 11) is 1.82. The predicted molar refractivity (Wildman–Crippen MR) is 59.5 cm³/mol. The Hall–Kier alpha value is -0.610. The van der Waals surface area contributed by atoms with Gasteiger partial charge in [-0.05, 0) is 25.8 Å². The first-order valence-electron chi connectivity index (χ1n) is 5.70. The zero-order chi connectivity index (χ0) is 11.4. The Labute approximate surface area is 91.6 Å². The van der Waals surface area contributed by atoms with Gasteiger partial charge in [-0.2, -0.15) is 0 Å². The Morgan fingerprint density at radius 3 is 2.67 bits per heavy atom. The maximum absolute atomic E-state index is 11.9. The predicted octanol–water partition coefficient (Wildman–Crippen LogP) is 0.214. The molecule has 1 aliphatic heterocycles. The number of likely N-dealkylation sites (tertiary alicyclic amines) is 1. The van der Waals surface area contributed by atoms with E-state index in [1.165, 1.54) is 0 Å². The van der Waals surface area contributed by atoms with Gasteiger partial charge in [-0.15, -0.1) is 0 Å². The SMILES string of the molecule is CNC1CCN(C(CCO)C(C)C)C1=O. The van der Waals surface area contributed by atoms with Crippen molar-refractivity contribution in [2.45, 2.75) is 38.8 Å². The van der Waals surface area contributed by atoms with Crippen LogP contribution >= 0.6 is 0 Å². The molecule has 1 heterocycles. The van der Waals surface area contributed by atoms with E-state index < -0.39 is 0 Å². The summed E-state index contributed by atoms with van der Waals surface area (Å²) in [6, 6.07) is 0.158. The summed E-state index contributed by atoms with van der Waals surface area (Å²) in [5.74, 6) is 0.585. The van der Waals surface area contributed by atoms with Crippen molar-refractivity contribution >= 4 is 5.91 Å². The Morgan fingerprint density at radius 2 is 2.27 bits per heavy atom. The number of hydrogen-bond donors (Lipinski definition) is 2. The lowest BCUT2D eigenvalue weighted by Gasteiger charge is -2.30. The van der Waals surface area contributed by atoms with Crippen LogP contribution in [0.4, 0.5) is 0 Å². The van der Waals surface area contributed by atoms with E-state index in [0.717, 1.165) is 13.0 Å². The van der Waals surface area contributed by atoms with Gasteiger partial charge in [0.25, 0.3) is 0 Å². The second-order valence-corrected chi connectivity index (χ2v) is 4.49. The standard InChI is InChI=1S/C11H22N2O2/c1-8(2)10(5-7-14)13-6-4-9(12-3)11(13)15/h8-10,12,14H,4-7H2,1-3H3. The molecule has 15 heavy (non-hydrogen) atoms. The molecule has 88 valence electrons. The lowest BCUT2D eigenvalue weighted by Crippen LogP contribution is -2.44. The highest BCUT2D eigenvalue weighted by Crippen LogP contribution is 2.21. The molecular formula is C11H22N2O2. The first kappa shape index (κ1) is 12.5. The molecule has 0 saturated carbocycles. The molecular weight excluding hydrogens is 192 g/mol. The maximum atomic E-state index is 11.9. The Kier molecular flexibility index (Phi) is 4.54. The average Bonchev–Trinajstić information content (AvgIpc) is 2.55. The fourth-order valence-electron chi connectivity index (χ4n) is 2.28. The molecule has 4 nitrogen and oxygen atoms in total. The second kappa shape index (κ2) is 5.47. The minimum absolute atomic E-state index is 0.0232. The van der Waals surface area contributed by atoms with Gasteiger partial charge in [0, 0.05) is 19.2 Å². The van der Waals surface area contributed by atoms with E-state index in [4.69, 9.17) is 5.11 Å². The van der Waals surface area contributed by atoms with Crippen LogP contribution in [-0.2, 0) is 4.79 Å². The van der Waals surface area contributed by atoms with Crippen LogP contribution in [0.2, 0.25) is 0 Å². The number of amides is 1. The van der Waals surface area contributed by atoms with Crippen molar-refractivity contribution in [1.82, 2.24) is 10.2 Å². The van der Waals surface area contributed by atoms with Crippen LogP contribution in [0.25, 0.3) is 0 Å². The summed E-state index contributed by atoms with van der Waals surface area (Å²) in [6.07, 6.45) is 1.56. The highest BCUT2D eigenvalue weighted by atomic mass is 16.3. The molecule has 0 aliphatic carbocycles. The second-order valence-electron chi connectivity index (χ2n) is 4.49. The molecule has 2 atom stereocenters. The van der Waals surface area contributed by atoms with E-state index in [9.17, 15) is 4.79 Å². The van der Waals surface area contributed by atoms with Crippen molar-refractivity contribution in [2.75, 3.05) is 20.2 Å². The zero-order valence-electron chi connectivity index (χ0n) is 9.86. The Morgan fingerprint density at radius 1 is 1.60 bits per heavy atom. The van der Waals surface area contributed by atoms with Crippen molar-refractivity contribution < 1.29 is 9.90 Å². The molecule has 1 rings (SSSR count). The third-order valence-corrected chi connectivity index (χ3v) is 3.18. The molecule has 2 unspecified atom stereocenters. The lowest BCUT2D eigenvalue weighted by atomic mass is 10.00. The third-order valence-electron chi connectivity index (χ3n) is 3.18. The highest BCUT2D eigenvalue weighted by Gasteiger charge is 2.35. The number of likely N-dealkylation sites (N-methyl/N-ethyl adjacent to an activating group) is 1. The number of carbonyl (C=O) groups excluding carboxylic acids is 1. The number of hydrogen-bond acceptors (Lipinski definition) is 3. The summed E-state index contributed by atoms with van der Waals surface area (Å²) in [6.45, 7) is 5.16. The topological polar surface area (TPSA) is 52.6 Å². The zero-order valence-corrected chi connectivity index (χ0v) is 9.86. The normalized spacial score (nSPS) is 23.9. The highest BCUT2D eigenvalue weighted by molar-refractivity contribution is 5.84. The summed E-state index contributed by atoms with van der Waals surface area (Å²) in [5.41, 5.74) is 0. The van der Waals surface area contributed by atoms with Gasteiger partial charge in [0.1, 0.15) is 0 Å². The molecule has 0 spiro atoms. The van der Waals surface area contributed by atoms with Crippen LogP contribution < -0.4 is 5.32 Å². The van der Waals surface area contributed by atoms with Crippen LogP contribution in [-0.4, -0.2) is 48.2 Å². The van der Waals surface area contributed by atoms with Crippen molar-refractivity contribution in [3.05, 3.63) is 0 Å². The van der Waals surface area contributed by atoms with E-state index in [1.807, 2.05) is 11.9 Å². The molecule has 0 bridgehead atoms. The molecule has 1 aliphatic rings. The van der Waals surface area contributed by atoms with E-state index in [0.29, 0.717) is 12.3 Å². The summed E-state index contributed by atoms with van der Waals surface area (Å²) >= 11 is 0. The average molecular weight is 214 g/mol. The molecule has 1 amide bonds. The van der Waals surface area contributed by atoms with Crippen molar-refractivity contribution in [2.24, 2.45) is 5.92 Å². The number of rotatable bonds is 5. The van der Waals surface area contributed by atoms with Gasteiger partial charge in [0.2, 0.25) is 5.91 Å². The molecule has 0 aromatic carbocycles. The van der Waals surface area contributed by atoms with Crippen LogP contribution in [0.3, 0.4) is 0 Å². The quantitative estimate of drug-likeness (QED) is 0.688. The van der Waals surface area contributed by atoms with Crippen LogP contribution in [0.1, 0.15) is 26.7 Å². The number of nitrogens with zero attached hydrogens (tertiary/aromatic N) is 1. The third kappa shape index (κ3) is 2.69. The first-order chi connectivity index (χ1) is 7.11. The van der Waals surface area contributed by atoms with Crippen molar-refractivity contribution in [3.8, 4) is 0 Å². The van der Waals surface area contributed by atoms with Gasteiger partial charge in [-0.1, -0.05) is 13.8 Å². The molecule has 4 heteroatoms. The fourth-order valence-corrected chi connectivity index (χ4v) is 2.28. The monoisotopic (exact) mass is 214 g/mol. The van der Waals surface area contributed by atoms with Gasteiger partial charge in [0.15, 0.2) is 0 Å². The largest absolute Gasteiger partial charge is 0.396 e. The number of aliphatic hydroxyl groups is 1. The Bertz CT molecular complexity index is 219. The molecule has 1 saturated heterocycles. The van der Waals surface area contributed by atoms with Gasteiger partial charge >= 0.3 is 0 Å². The number of nitrogens with one attached hydrogen (secondary N) is 1. The van der Waals surface area contributed by atoms with E-state index >= 15 is 0 Å². The van der Waals surface area contributed by atoms with E-state index in [1.54, 1.807) is 0 Å². The molecule has 0 aromatic rings. The van der Waals surface area contributed by atoms with E-state index in [2.05, 4.69) is 19.2 Å². The van der Waals surface area contributed by atoms with Gasteiger partial charge in [-0.25, -0.2) is 0 Å². The minimum Gasteiger partial charge on any atom is -0.396 e. The van der Waals surface area contributed by atoms with Crippen molar-refractivity contribution in [1.29, 1.82) is 0 Å². The van der Waals surface area contributed by atoms with Crippen LogP contribution in [0, 0.1) is 5.92 Å². The Balaban J connectivity index is 2.65.